The van der Waals surface area contributed by atoms with Crippen molar-refractivity contribution < 1.29 is 0 Å². The van der Waals surface area contributed by atoms with Gasteiger partial charge in [-0.15, -0.1) is 0 Å². The summed E-state index contributed by atoms with van der Waals surface area (Å²) in [6.45, 7) is 8.88. The normalized spacial score (nSPS) is 13.9. The molecule has 0 saturated carbocycles. The van der Waals surface area contributed by atoms with Crippen molar-refractivity contribution in [3.05, 3.63) is 29.6 Å². The summed E-state index contributed by atoms with van der Waals surface area (Å²) in [6, 6.07) is 2.61. The number of aromatic nitrogens is 1. The number of nitrogens with zero attached hydrogens (tertiary/aromatic N) is 1. The van der Waals surface area contributed by atoms with Gasteiger partial charge >= 0.3 is 0 Å². The number of pyridine rings is 1. The lowest BCUT2D eigenvalue weighted by Crippen LogP contribution is -2.22. The zero-order chi connectivity index (χ0) is 11.5. The fourth-order valence-electron chi connectivity index (χ4n) is 1.77. The summed E-state index contributed by atoms with van der Waals surface area (Å²) >= 11 is 0. The van der Waals surface area contributed by atoms with E-state index in [1.807, 2.05) is 19.4 Å². The SMILES string of the molecule is CNC(CC(C)(C)C)c1cncc(C)c1. The van der Waals surface area contributed by atoms with E-state index in [4.69, 9.17) is 0 Å². The van der Waals surface area contributed by atoms with Gasteiger partial charge in [-0.25, -0.2) is 0 Å². The summed E-state index contributed by atoms with van der Waals surface area (Å²) in [5.74, 6) is 0. The molecule has 1 rings (SSSR count). The van der Waals surface area contributed by atoms with Crippen molar-refractivity contribution in [2.24, 2.45) is 5.41 Å². The maximum atomic E-state index is 4.24. The first-order valence-corrected chi connectivity index (χ1v) is 5.51. The second-order valence-electron chi connectivity index (χ2n) is 5.40. The van der Waals surface area contributed by atoms with Crippen molar-refractivity contribution >= 4 is 0 Å². The van der Waals surface area contributed by atoms with Crippen LogP contribution in [0.1, 0.15) is 44.4 Å². The lowest BCUT2D eigenvalue weighted by Gasteiger charge is -2.26. The van der Waals surface area contributed by atoms with Gasteiger partial charge in [-0.1, -0.05) is 26.8 Å². The van der Waals surface area contributed by atoms with Crippen molar-refractivity contribution in [2.75, 3.05) is 7.05 Å². The Bertz CT molecular complexity index is 313. The quantitative estimate of drug-likeness (QED) is 0.822. The van der Waals surface area contributed by atoms with Gasteiger partial charge in [-0.2, -0.15) is 0 Å². The van der Waals surface area contributed by atoms with E-state index in [9.17, 15) is 0 Å². The van der Waals surface area contributed by atoms with Gasteiger partial charge in [0.05, 0.1) is 0 Å². The Morgan fingerprint density at radius 1 is 1.33 bits per heavy atom. The van der Waals surface area contributed by atoms with Crippen LogP contribution in [0.3, 0.4) is 0 Å². The van der Waals surface area contributed by atoms with Crippen LogP contribution in [0.15, 0.2) is 18.5 Å². The van der Waals surface area contributed by atoms with Crippen LogP contribution in [0.2, 0.25) is 0 Å². The maximum absolute atomic E-state index is 4.24. The third-order valence-corrected chi connectivity index (χ3v) is 2.46. The van der Waals surface area contributed by atoms with E-state index >= 15 is 0 Å². The smallest absolute Gasteiger partial charge is 0.0337 e. The van der Waals surface area contributed by atoms with Crippen molar-refractivity contribution in [3.63, 3.8) is 0 Å². The maximum Gasteiger partial charge on any atom is 0.0337 e. The number of rotatable bonds is 3. The second-order valence-corrected chi connectivity index (χ2v) is 5.40. The number of nitrogens with one attached hydrogen (secondary N) is 1. The monoisotopic (exact) mass is 206 g/mol. The Labute approximate surface area is 93.1 Å². The largest absolute Gasteiger partial charge is 0.313 e. The molecule has 1 unspecified atom stereocenters. The Balaban J connectivity index is 2.83. The predicted octanol–water partition coefficient (Wildman–Crippen LogP) is 3.09. The van der Waals surface area contributed by atoms with Gasteiger partial charge in [0.2, 0.25) is 0 Å². The molecule has 1 aromatic heterocycles. The molecular formula is C13H22N2. The van der Waals surface area contributed by atoms with Crippen LogP contribution in [0, 0.1) is 12.3 Å². The van der Waals surface area contributed by atoms with Crippen LogP contribution < -0.4 is 5.32 Å². The van der Waals surface area contributed by atoms with E-state index in [1.54, 1.807) is 0 Å². The van der Waals surface area contributed by atoms with Crippen LogP contribution in [0.5, 0.6) is 0 Å². The summed E-state index contributed by atoms with van der Waals surface area (Å²) in [5, 5.41) is 3.36. The van der Waals surface area contributed by atoms with E-state index < -0.39 is 0 Å². The number of hydrogen-bond donors (Lipinski definition) is 1. The highest BCUT2D eigenvalue weighted by Crippen LogP contribution is 2.28. The molecule has 0 spiro atoms. The molecule has 0 saturated heterocycles. The van der Waals surface area contributed by atoms with Crippen LogP contribution in [0.4, 0.5) is 0 Å². The molecule has 15 heavy (non-hydrogen) atoms. The third kappa shape index (κ3) is 4.00. The highest BCUT2D eigenvalue weighted by Gasteiger charge is 2.18. The average Bonchev–Trinajstić information content (AvgIpc) is 2.13. The lowest BCUT2D eigenvalue weighted by atomic mass is 9.86. The summed E-state index contributed by atoms with van der Waals surface area (Å²) < 4.78 is 0. The van der Waals surface area contributed by atoms with E-state index in [2.05, 4.69) is 44.1 Å². The van der Waals surface area contributed by atoms with E-state index in [-0.39, 0.29) is 0 Å². The van der Waals surface area contributed by atoms with Crippen LogP contribution in [0.25, 0.3) is 0 Å². The molecule has 1 heterocycles. The molecule has 84 valence electrons. The van der Waals surface area contributed by atoms with Crippen LogP contribution in [-0.4, -0.2) is 12.0 Å². The first kappa shape index (κ1) is 12.2. The molecular weight excluding hydrogens is 184 g/mol. The molecule has 1 N–H and O–H groups in total. The molecule has 0 fully saturated rings. The van der Waals surface area contributed by atoms with Gasteiger partial charge in [0.1, 0.15) is 0 Å². The van der Waals surface area contributed by atoms with E-state index in [0.717, 1.165) is 6.42 Å². The molecule has 0 bridgehead atoms. The van der Waals surface area contributed by atoms with E-state index in [0.29, 0.717) is 11.5 Å². The fourth-order valence-corrected chi connectivity index (χ4v) is 1.77. The third-order valence-electron chi connectivity index (χ3n) is 2.46. The minimum atomic E-state index is 0.331. The zero-order valence-electron chi connectivity index (χ0n) is 10.5. The molecule has 0 radical (unpaired) electrons. The standard InChI is InChI=1S/C13H22N2/c1-10-6-11(9-15-8-10)12(14-5)7-13(2,3)4/h6,8-9,12,14H,7H2,1-5H3. The molecule has 0 aliphatic heterocycles. The van der Waals surface area contributed by atoms with Gasteiger partial charge < -0.3 is 5.32 Å². The fraction of sp³-hybridized carbons (Fsp3) is 0.615. The molecule has 0 amide bonds. The summed E-state index contributed by atoms with van der Waals surface area (Å²) in [4.78, 5) is 4.24. The second kappa shape index (κ2) is 4.75. The van der Waals surface area contributed by atoms with Crippen molar-refractivity contribution in [2.45, 2.75) is 40.2 Å². The van der Waals surface area contributed by atoms with Crippen LogP contribution in [-0.2, 0) is 0 Å². The molecule has 0 aliphatic rings. The van der Waals surface area contributed by atoms with Gasteiger partial charge in [0.15, 0.2) is 0 Å². The number of aryl methyl sites for hydroxylation is 1. The van der Waals surface area contributed by atoms with E-state index in [1.165, 1.54) is 11.1 Å². The summed E-state index contributed by atoms with van der Waals surface area (Å²) in [5.41, 5.74) is 2.84. The number of hydrogen-bond acceptors (Lipinski definition) is 2. The Hall–Kier alpha value is -0.890. The average molecular weight is 206 g/mol. The zero-order valence-corrected chi connectivity index (χ0v) is 10.5. The summed E-state index contributed by atoms with van der Waals surface area (Å²) in [7, 11) is 2.01. The molecule has 0 aromatic carbocycles. The Kier molecular flexibility index (Phi) is 3.86. The molecule has 1 atom stereocenters. The topological polar surface area (TPSA) is 24.9 Å². The highest BCUT2D eigenvalue weighted by molar-refractivity contribution is 5.20. The Morgan fingerprint density at radius 3 is 2.47 bits per heavy atom. The van der Waals surface area contributed by atoms with Gasteiger partial charge in [-0.3, -0.25) is 4.98 Å². The van der Waals surface area contributed by atoms with Crippen molar-refractivity contribution in [1.82, 2.24) is 10.3 Å². The minimum Gasteiger partial charge on any atom is -0.313 e. The Morgan fingerprint density at radius 2 is 2.00 bits per heavy atom. The van der Waals surface area contributed by atoms with Gasteiger partial charge in [-0.05, 0) is 36.9 Å². The summed E-state index contributed by atoms with van der Waals surface area (Å²) in [6.07, 6.45) is 4.97. The van der Waals surface area contributed by atoms with Crippen molar-refractivity contribution in [3.8, 4) is 0 Å². The minimum absolute atomic E-state index is 0.331. The highest BCUT2D eigenvalue weighted by atomic mass is 14.9. The predicted molar refractivity (Wildman–Crippen MR) is 64.8 cm³/mol. The molecule has 2 nitrogen and oxygen atoms in total. The van der Waals surface area contributed by atoms with Crippen molar-refractivity contribution in [1.29, 1.82) is 0 Å². The first-order valence-electron chi connectivity index (χ1n) is 5.51. The first-order chi connectivity index (χ1) is 6.92. The van der Waals surface area contributed by atoms with Gasteiger partial charge in [0.25, 0.3) is 0 Å². The molecule has 1 aromatic rings. The van der Waals surface area contributed by atoms with Crippen LogP contribution >= 0.6 is 0 Å². The molecule has 2 heteroatoms. The molecule has 0 aliphatic carbocycles. The van der Waals surface area contributed by atoms with Gasteiger partial charge in [0, 0.05) is 18.4 Å². The lowest BCUT2D eigenvalue weighted by molar-refractivity contribution is 0.320.